The molecular weight excluding hydrogens is 446 g/mol. The van der Waals surface area contributed by atoms with E-state index in [1.165, 1.54) is 17.7 Å². The molecule has 2 heterocycles. The van der Waals surface area contributed by atoms with Crippen molar-refractivity contribution in [1.29, 1.82) is 0 Å². The molecule has 1 fully saturated rings. The van der Waals surface area contributed by atoms with E-state index in [0.29, 0.717) is 5.92 Å². The third-order valence-electron chi connectivity index (χ3n) is 6.39. The minimum atomic E-state index is -0.945. The number of nitrogens with one attached hydrogen (secondary N) is 1. The summed E-state index contributed by atoms with van der Waals surface area (Å²) in [5, 5.41) is 13.4. The van der Waals surface area contributed by atoms with Gasteiger partial charge in [-0.05, 0) is 61.9 Å². The summed E-state index contributed by atoms with van der Waals surface area (Å²) >= 11 is 0. The number of benzene rings is 1. The second-order valence-corrected chi connectivity index (χ2v) is 9.67. The molecule has 0 radical (unpaired) electrons. The monoisotopic (exact) mass is 479 g/mol. The number of aryl methyl sites for hydroxylation is 1. The topological polar surface area (TPSA) is 105 Å². The fraction of sp³-hybridized carbons (Fsp3) is 0.444. The van der Waals surface area contributed by atoms with Gasteiger partial charge >= 0.3 is 5.97 Å². The highest BCUT2D eigenvalue weighted by Crippen LogP contribution is 2.37. The van der Waals surface area contributed by atoms with Crippen molar-refractivity contribution in [2.75, 3.05) is 25.5 Å². The number of carbonyl (C=O) groups is 2. The first-order valence-corrected chi connectivity index (χ1v) is 12.1. The SMILES string of the molecule is Cc1c(C(Nc2ccc(C(=O)N(C)CCC(=O)O)nc2)C(C)C)oc2ccc(OCC3CC3)cc12. The number of aromatic nitrogens is 1. The average Bonchev–Trinajstić information content (AvgIpc) is 3.62. The summed E-state index contributed by atoms with van der Waals surface area (Å²) in [4.78, 5) is 28.9. The van der Waals surface area contributed by atoms with Gasteiger partial charge in [0.05, 0.1) is 31.0 Å². The molecule has 0 saturated heterocycles. The molecular formula is C27H33N3O5. The van der Waals surface area contributed by atoms with Gasteiger partial charge in [-0.1, -0.05) is 13.8 Å². The number of ether oxygens (including phenoxy) is 1. The molecule has 186 valence electrons. The number of anilines is 1. The Hall–Kier alpha value is -3.55. The number of hydrogen-bond donors (Lipinski definition) is 2. The van der Waals surface area contributed by atoms with E-state index in [0.717, 1.165) is 40.3 Å². The predicted octanol–water partition coefficient (Wildman–Crippen LogP) is 5.28. The molecule has 2 N–H and O–H groups in total. The van der Waals surface area contributed by atoms with E-state index in [1.54, 1.807) is 19.3 Å². The number of nitrogens with zero attached hydrogens (tertiary/aromatic N) is 2. The Morgan fingerprint density at radius 1 is 1.26 bits per heavy atom. The molecule has 0 spiro atoms. The highest BCUT2D eigenvalue weighted by Gasteiger charge is 2.25. The van der Waals surface area contributed by atoms with Crippen LogP contribution in [0.1, 0.15) is 61.0 Å². The average molecular weight is 480 g/mol. The standard InChI is InChI=1S/C27H33N3O5/c1-16(2)25(29-19-7-9-22(28-14-19)27(33)30(4)12-11-24(31)32)26-17(3)21-13-20(8-10-23(21)35-26)34-15-18-5-6-18/h7-10,13-14,16,18,25,29H,5-6,11-12,15H2,1-4H3,(H,31,32). The number of carbonyl (C=O) groups excluding carboxylic acids is 1. The number of carboxylic acids is 1. The first-order valence-electron chi connectivity index (χ1n) is 12.1. The Bertz CT molecular complexity index is 1200. The van der Waals surface area contributed by atoms with Crippen LogP contribution in [0.2, 0.25) is 0 Å². The van der Waals surface area contributed by atoms with Crippen LogP contribution >= 0.6 is 0 Å². The number of carboxylic acid groups (broad SMARTS) is 1. The van der Waals surface area contributed by atoms with Crippen LogP contribution in [0.4, 0.5) is 5.69 Å². The van der Waals surface area contributed by atoms with Gasteiger partial charge in [-0.3, -0.25) is 9.59 Å². The van der Waals surface area contributed by atoms with E-state index in [2.05, 4.69) is 37.1 Å². The van der Waals surface area contributed by atoms with Gasteiger partial charge in [-0.15, -0.1) is 0 Å². The van der Waals surface area contributed by atoms with Crippen LogP contribution in [-0.4, -0.2) is 47.1 Å². The summed E-state index contributed by atoms with van der Waals surface area (Å²) < 4.78 is 12.2. The molecule has 3 aromatic rings. The Morgan fingerprint density at radius 3 is 2.66 bits per heavy atom. The lowest BCUT2D eigenvalue weighted by Gasteiger charge is -2.22. The van der Waals surface area contributed by atoms with Crippen molar-refractivity contribution in [3.05, 3.63) is 53.5 Å². The van der Waals surface area contributed by atoms with Crippen molar-refractivity contribution in [2.45, 2.75) is 46.1 Å². The van der Waals surface area contributed by atoms with E-state index in [9.17, 15) is 9.59 Å². The molecule has 8 heteroatoms. The zero-order valence-corrected chi connectivity index (χ0v) is 20.7. The van der Waals surface area contributed by atoms with Gasteiger partial charge in [0, 0.05) is 24.5 Å². The maximum absolute atomic E-state index is 12.5. The van der Waals surface area contributed by atoms with Gasteiger partial charge < -0.3 is 24.5 Å². The largest absolute Gasteiger partial charge is 0.493 e. The van der Waals surface area contributed by atoms with E-state index < -0.39 is 5.97 Å². The van der Waals surface area contributed by atoms with Crippen LogP contribution in [-0.2, 0) is 4.79 Å². The van der Waals surface area contributed by atoms with Crippen molar-refractivity contribution < 1.29 is 23.8 Å². The third-order valence-corrected chi connectivity index (χ3v) is 6.39. The van der Waals surface area contributed by atoms with Gasteiger partial charge in [0.2, 0.25) is 0 Å². The fourth-order valence-corrected chi connectivity index (χ4v) is 3.98. The first-order chi connectivity index (χ1) is 16.7. The minimum Gasteiger partial charge on any atom is -0.493 e. The Kier molecular flexibility index (Phi) is 7.28. The lowest BCUT2D eigenvalue weighted by Crippen LogP contribution is -2.29. The van der Waals surface area contributed by atoms with E-state index in [1.807, 2.05) is 18.2 Å². The van der Waals surface area contributed by atoms with Gasteiger partial charge in [0.25, 0.3) is 5.91 Å². The van der Waals surface area contributed by atoms with Gasteiger partial charge in [0.15, 0.2) is 0 Å². The number of aliphatic carboxylic acids is 1. The number of amides is 1. The molecule has 0 bridgehead atoms. The number of rotatable bonds is 11. The molecule has 1 amide bonds. The quantitative estimate of drug-likeness (QED) is 0.385. The lowest BCUT2D eigenvalue weighted by atomic mass is 9.98. The molecule has 0 aliphatic heterocycles. The first kappa shape index (κ1) is 24.6. The molecule has 1 saturated carbocycles. The summed E-state index contributed by atoms with van der Waals surface area (Å²) in [5.41, 5.74) is 2.93. The number of furan rings is 1. The van der Waals surface area contributed by atoms with Gasteiger partial charge in [-0.25, -0.2) is 4.98 Å². The van der Waals surface area contributed by atoms with Crippen molar-refractivity contribution >= 4 is 28.5 Å². The molecule has 1 aliphatic rings. The smallest absolute Gasteiger partial charge is 0.305 e. The summed E-state index contributed by atoms with van der Waals surface area (Å²) in [6, 6.07) is 9.34. The zero-order chi connectivity index (χ0) is 25.1. The van der Waals surface area contributed by atoms with Crippen LogP contribution in [0.3, 0.4) is 0 Å². The summed E-state index contributed by atoms with van der Waals surface area (Å²) in [6.45, 7) is 7.21. The van der Waals surface area contributed by atoms with Crippen molar-refractivity contribution in [2.24, 2.45) is 11.8 Å². The second-order valence-electron chi connectivity index (χ2n) is 9.67. The lowest BCUT2D eigenvalue weighted by molar-refractivity contribution is -0.137. The molecule has 1 aliphatic carbocycles. The summed E-state index contributed by atoms with van der Waals surface area (Å²) in [5.74, 6) is 1.39. The maximum atomic E-state index is 12.5. The van der Waals surface area contributed by atoms with Crippen molar-refractivity contribution in [3.8, 4) is 5.75 Å². The molecule has 1 aromatic carbocycles. The van der Waals surface area contributed by atoms with Crippen LogP contribution in [0.5, 0.6) is 5.75 Å². The zero-order valence-electron chi connectivity index (χ0n) is 20.7. The van der Waals surface area contributed by atoms with Gasteiger partial charge in [-0.2, -0.15) is 0 Å². The Balaban J connectivity index is 1.49. The Morgan fingerprint density at radius 2 is 2.03 bits per heavy atom. The third kappa shape index (κ3) is 5.93. The highest BCUT2D eigenvalue weighted by atomic mass is 16.5. The molecule has 8 nitrogen and oxygen atoms in total. The molecule has 2 aromatic heterocycles. The van der Waals surface area contributed by atoms with Crippen LogP contribution < -0.4 is 10.1 Å². The molecule has 1 atom stereocenters. The van der Waals surface area contributed by atoms with E-state index >= 15 is 0 Å². The Labute approximate surface area is 205 Å². The maximum Gasteiger partial charge on any atom is 0.305 e. The van der Waals surface area contributed by atoms with E-state index in [-0.39, 0.29) is 36.5 Å². The minimum absolute atomic E-state index is 0.0974. The number of fused-ring (bicyclic) bond motifs is 1. The predicted molar refractivity (Wildman–Crippen MR) is 134 cm³/mol. The van der Waals surface area contributed by atoms with E-state index in [4.69, 9.17) is 14.3 Å². The van der Waals surface area contributed by atoms with Crippen LogP contribution in [0.25, 0.3) is 11.0 Å². The highest BCUT2D eigenvalue weighted by molar-refractivity contribution is 5.92. The van der Waals surface area contributed by atoms with Crippen molar-refractivity contribution in [3.63, 3.8) is 0 Å². The summed E-state index contributed by atoms with van der Waals surface area (Å²) in [7, 11) is 1.57. The molecule has 35 heavy (non-hydrogen) atoms. The van der Waals surface area contributed by atoms with Crippen LogP contribution in [0, 0.1) is 18.8 Å². The normalized spacial score (nSPS) is 14.2. The number of hydrogen-bond acceptors (Lipinski definition) is 6. The van der Waals surface area contributed by atoms with Crippen molar-refractivity contribution in [1.82, 2.24) is 9.88 Å². The summed E-state index contributed by atoms with van der Waals surface area (Å²) in [6.07, 6.45) is 4.02. The second kappa shape index (κ2) is 10.4. The van der Waals surface area contributed by atoms with Gasteiger partial charge in [0.1, 0.15) is 22.8 Å². The fourth-order valence-electron chi connectivity index (χ4n) is 3.98. The van der Waals surface area contributed by atoms with Crippen LogP contribution in [0.15, 0.2) is 40.9 Å². The number of pyridine rings is 1. The molecule has 4 rings (SSSR count). The molecule has 1 unspecified atom stereocenters.